The monoisotopic (exact) mass is 232 g/mol. The Morgan fingerprint density at radius 3 is 2.76 bits per heavy atom. The van der Waals surface area contributed by atoms with Crippen molar-refractivity contribution in [1.82, 2.24) is 9.78 Å². The maximum Gasteiger partial charge on any atom is 0.341 e. The van der Waals surface area contributed by atoms with Crippen LogP contribution in [0.4, 0.5) is 0 Å². The van der Waals surface area contributed by atoms with Crippen LogP contribution in [0.25, 0.3) is 5.69 Å². The Hall–Kier alpha value is -2.30. The van der Waals surface area contributed by atoms with Crippen LogP contribution in [0, 0.1) is 0 Å². The molecule has 0 N–H and O–H groups in total. The van der Waals surface area contributed by atoms with E-state index in [0.29, 0.717) is 11.3 Å². The molecule has 0 spiro atoms. The lowest BCUT2D eigenvalue weighted by Gasteiger charge is -2.09. The molecular weight excluding hydrogens is 220 g/mol. The number of aromatic nitrogens is 2. The van der Waals surface area contributed by atoms with E-state index in [-0.39, 0.29) is 0 Å². The zero-order valence-corrected chi connectivity index (χ0v) is 9.58. The number of hydrogen-bond acceptors (Lipinski definition) is 4. The number of esters is 1. The van der Waals surface area contributed by atoms with E-state index in [2.05, 4.69) is 5.10 Å². The first kappa shape index (κ1) is 11.2. The summed E-state index contributed by atoms with van der Waals surface area (Å²) in [6.07, 6.45) is 3.46. The predicted octanol–water partition coefficient (Wildman–Crippen LogP) is 1.67. The number of methoxy groups -OCH3 is 2. The molecule has 5 heteroatoms. The second-order valence-electron chi connectivity index (χ2n) is 3.33. The molecule has 1 aromatic heterocycles. The Kier molecular flexibility index (Phi) is 3.09. The van der Waals surface area contributed by atoms with Gasteiger partial charge in [-0.2, -0.15) is 5.10 Å². The highest BCUT2D eigenvalue weighted by molar-refractivity contribution is 5.93. The van der Waals surface area contributed by atoms with Gasteiger partial charge in [-0.05, 0) is 24.3 Å². The van der Waals surface area contributed by atoms with Gasteiger partial charge in [0.05, 0.1) is 19.9 Å². The van der Waals surface area contributed by atoms with Crippen molar-refractivity contribution in [3.63, 3.8) is 0 Å². The van der Waals surface area contributed by atoms with Gasteiger partial charge in [0.15, 0.2) is 0 Å². The van der Waals surface area contributed by atoms with Crippen LogP contribution >= 0.6 is 0 Å². The molecule has 0 aliphatic rings. The van der Waals surface area contributed by atoms with Crippen LogP contribution < -0.4 is 4.74 Å². The number of rotatable bonds is 3. The molecule has 0 atom stereocenters. The molecule has 88 valence electrons. The maximum absolute atomic E-state index is 11.6. The van der Waals surface area contributed by atoms with Crippen molar-refractivity contribution in [2.24, 2.45) is 0 Å². The molecule has 0 fully saturated rings. The minimum absolute atomic E-state index is 0.378. The average Bonchev–Trinajstić information content (AvgIpc) is 2.91. The van der Waals surface area contributed by atoms with E-state index in [1.165, 1.54) is 14.2 Å². The highest BCUT2D eigenvalue weighted by atomic mass is 16.5. The lowest BCUT2D eigenvalue weighted by atomic mass is 10.2. The lowest BCUT2D eigenvalue weighted by molar-refractivity contribution is 0.0597. The van der Waals surface area contributed by atoms with E-state index in [9.17, 15) is 4.79 Å². The smallest absolute Gasteiger partial charge is 0.341 e. The van der Waals surface area contributed by atoms with Crippen molar-refractivity contribution in [1.29, 1.82) is 0 Å². The summed E-state index contributed by atoms with van der Waals surface area (Å²) in [5.41, 5.74) is 1.15. The molecular formula is C12H12N2O3. The third-order valence-corrected chi connectivity index (χ3v) is 2.36. The van der Waals surface area contributed by atoms with Gasteiger partial charge >= 0.3 is 5.97 Å². The van der Waals surface area contributed by atoms with Crippen LogP contribution in [-0.4, -0.2) is 30.0 Å². The summed E-state index contributed by atoms with van der Waals surface area (Å²) in [6.45, 7) is 0. The summed E-state index contributed by atoms with van der Waals surface area (Å²) < 4.78 is 11.5. The van der Waals surface area contributed by atoms with Crippen molar-refractivity contribution in [3.05, 3.63) is 42.2 Å². The topological polar surface area (TPSA) is 53.4 Å². The Morgan fingerprint density at radius 2 is 2.18 bits per heavy atom. The van der Waals surface area contributed by atoms with Crippen LogP contribution in [0.1, 0.15) is 10.4 Å². The van der Waals surface area contributed by atoms with Gasteiger partial charge in [0.25, 0.3) is 0 Å². The molecule has 2 rings (SSSR count). The SMILES string of the molecule is COC(=O)c1cc(-n2cccn2)ccc1OC. The summed E-state index contributed by atoms with van der Waals surface area (Å²) in [6, 6.07) is 7.02. The van der Waals surface area contributed by atoms with Gasteiger partial charge in [-0.3, -0.25) is 0 Å². The minimum Gasteiger partial charge on any atom is -0.496 e. The van der Waals surface area contributed by atoms with Gasteiger partial charge in [-0.1, -0.05) is 0 Å². The molecule has 0 radical (unpaired) electrons. The number of nitrogens with zero attached hydrogens (tertiary/aromatic N) is 2. The van der Waals surface area contributed by atoms with Crippen molar-refractivity contribution in [2.45, 2.75) is 0 Å². The van der Waals surface area contributed by atoms with Crippen molar-refractivity contribution >= 4 is 5.97 Å². The summed E-state index contributed by atoms with van der Waals surface area (Å²) >= 11 is 0. The highest BCUT2D eigenvalue weighted by Crippen LogP contribution is 2.22. The summed E-state index contributed by atoms with van der Waals surface area (Å²) in [4.78, 5) is 11.6. The van der Waals surface area contributed by atoms with Crippen LogP contribution in [0.2, 0.25) is 0 Å². The molecule has 0 aliphatic heterocycles. The van der Waals surface area contributed by atoms with Crippen LogP contribution in [-0.2, 0) is 4.74 Å². The first-order valence-electron chi connectivity index (χ1n) is 5.02. The summed E-state index contributed by atoms with van der Waals surface area (Å²) in [5.74, 6) is 0.0450. The largest absolute Gasteiger partial charge is 0.496 e. The zero-order valence-electron chi connectivity index (χ0n) is 9.58. The fourth-order valence-corrected chi connectivity index (χ4v) is 1.53. The fourth-order valence-electron chi connectivity index (χ4n) is 1.53. The Bertz CT molecular complexity index is 521. The van der Waals surface area contributed by atoms with Crippen LogP contribution in [0.3, 0.4) is 0 Å². The Labute approximate surface area is 98.6 Å². The van der Waals surface area contributed by atoms with E-state index in [0.717, 1.165) is 5.69 Å². The Morgan fingerprint density at radius 1 is 1.35 bits per heavy atom. The second-order valence-corrected chi connectivity index (χ2v) is 3.33. The van der Waals surface area contributed by atoms with Crippen LogP contribution in [0.15, 0.2) is 36.7 Å². The van der Waals surface area contributed by atoms with Gasteiger partial charge in [0.2, 0.25) is 0 Å². The molecule has 0 unspecified atom stereocenters. The van der Waals surface area contributed by atoms with Crippen LogP contribution in [0.5, 0.6) is 5.75 Å². The van der Waals surface area contributed by atoms with E-state index in [1.54, 1.807) is 29.2 Å². The number of benzene rings is 1. The van der Waals surface area contributed by atoms with Gasteiger partial charge in [-0.15, -0.1) is 0 Å². The maximum atomic E-state index is 11.6. The quantitative estimate of drug-likeness (QED) is 0.755. The number of ether oxygens (including phenoxy) is 2. The first-order chi connectivity index (χ1) is 8.26. The third kappa shape index (κ3) is 2.13. The highest BCUT2D eigenvalue weighted by Gasteiger charge is 2.13. The van der Waals surface area contributed by atoms with Gasteiger partial charge < -0.3 is 9.47 Å². The molecule has 0 amide bonds. The lowest BCUT2D eigenvalue weighted by Crippen LogP contribution is -2.06. The number of hydrogen-bond donors (Lipinski definition) is 0. The molecule has 1 heterocycles. The molecule has 0 bridgehead atoms. The molecule has 1 aromatic carbocycles. The fraction of sp³-hybridized carbons (Fsp3) is 0.167. The zero-order chi connectivity index (χ0) is 12.3. The van der Waals surface area contributed by atoms with Gasteiger partial charge in [0, 0.05) is 12.4 Å². The molecule has 5 nitrogen and oxygen atoms in total. The molecule has 0 aliphatic carbocycles. The van der Waals surface area contributed by atoms with E-state index in [4.69, 9.17) is 9.47 Å². The predicted molar refractivity (Wildman–Crippen MR) is 61.5 cm³/mol. The average molecular weight is 232 g/mol. The second kappa shape index (κ2) is 4.69. The van der Waals surface area contributed by atoms with E-state index < -0.39 is 5.97 Å². The number of carbonyl (C=O) groups excluding carboxylic acids is 1. The van der Waals surface area contributed by atoms with Crippen molar-refractivity contribution in [3.8, 4) is 11.4 Å². The summed E-state index contributed by atoms with van der Waals surface area (Å²) in [5, 5.41) is 4.09. The normalized spacial score (nSPS) is 10.0. The number of carbonyl (C=O) groups is 1. The van der Waals surface area contributed by atoms with E-state index >= 15 is 0 Å². The third-order valence-electron chi connectivity index (χ3n) is 2.36. The summed E-state index contributed by atoms with van der Waals surface area (Å²) in [7, 11) is 2.84. The minimum atomic E-state index is -0.434. The van der Waals surface area contributed by atoms with E-state index in [1.807, 2.05) is 12.1 Å². The standard InChI is InChI=1S/C12H12N2O3/c1-16-11-5-4-9(14-7-3-6-13-14)8-10(11)12(15)17-2/h3-8H,1-2H3. The molecule has 0 saturated heterocycles. The first-order valence-corrected chi connectivity index (χ1v) is 5.02. The van der Waals surface area contributed by atoms with Crippen molar-refractivity contribution in [2.75, 3.05) is 14.2 Å². The van der Waals surface area contributed by atoms with Gasteiger partial charge in [0.1, 0.15) is 11.3 Å². The van der Waals surface area contributed by atoms with Gasteiger partial charge in [-0.25, -0.2) is 9.48 Å². The Balaban J connectivity index is 2.48. The molecule has 17 heavy (non-hydrogen) atoms. The molecule has 2 aromatic rings. The molecule has 0 saturated carbocycles. The van der Waals surface area contributed by atoms with Crippen molar-refractivity contribution < 1.29 is 14.3 Å².